The van der Waals surface area contributed by atoms with Crippen molar-refractivity contribution in [2.45, 2.75) is 0 Å². The normalized spacial score (nSPS) is 11.0. The highest BCUT2D eigenvalue weighted by atomic mass is 16.5. The first kappa shape index (κ1) is 17.4. The van der Waals surface area contributed by atoms with Crippen LogP contribution in [-0.2, 0) is 0 Å². The van der Waals surface area contributed by atoms with E-state index in [0.29, 0.717) is 23.4 Å². The Kier molecular flexibility index (Phi) is 4.85. The Morgan fingerprint density at radius 2 is 2.15 bits per heavy atom. The van der Waals surface area contributed by atoms with Gasteiger partial charge < -0.3 is 25.3 Å². The van der Waals surface area contributed by atoms with Crippen molar-refractivity contribution < 1.29 is 14.3 Å². The molecule has 2 amide bonds. The molecule has 0 aliphatic rings. The maximum absolute atomic E-state index is 12.3. The van der Waals surface area contributed by atoms with Crippen LogP contribution in [0.2, 0.25) is 0 Å². The van der Waals surface area contributed by atoms with Crippen LogP contribution in [0.25, 0.3) is 11.0 Å². The van der Waals surface area contributed by atoms with E-state index in [1.807, 2.05) is 25.1 Å². The van der Waals surface area contributed by atoms with Crippen LogP contribution in [0.5, 0.6) is 5.75 Å². The summed E-state index contributed by atoms with van der Waals surface area (Å²) < 4.78 is 5.67. The molecule has 2 heterocycles. The van der Waals surface area contributed by atoms with Crippen molar-refractivity contribution >= 4 is 28.8 Å². The first-order valence-electron chi connectivity index (χ1n) is 7.86. The summed E-state index contributed by atoms with van der Waals surface area (Å²) in [6, 6.07) is 5.40. The number of likely N-dealkylation sites (N-methyl/N-ethyl adjacent to an activating group) is 1. The molecule has 0 radical (unpaired) electrons. The average Bonchev–Trinajstić information content (AvgIpc) is 3.20. The molecule has 0 bridgehead atoms. The zero-order chi connectivity index (χ0) is 18.7. The number of nitrogens with zero attached hydrogens (tertiary/aromatic N) is 3. The van der Waals surface area contributed by atoms with Gasteiger partial charge in [-0.2, -0.15) is 0 Å². The molecule has 0 unspecified atom stereocenters. The monoisotopic (exact) mass is 357 g/mol. The molecular formula is C16H19N7O3. The van der Waals surface area contributed by atoms with E-state index < -0.39 is 11.8 Å². The molecule has 10 nitrogen and oxygen atoms in total. The van der Waals surface area contributed by atoms with E-state index in [1.54, 1.807) is 12.1 Å². The summed E-state index contributed by atoms with van der Waals surface area (Å²) >= 11 is 0. The third-order valence-corrected chi connectivity index (χ3v) is 3.59. The maximum atomic E-state index is 12.3. The quantitative estimate of drug-likeness (QED) is 0.487. The number of ether oxygens (including phenoxy) is 1. The second kappa shape index (κ2) is 7.23. The minimum atomic E-state index is -0.767. The highest BCUT2D eigenvalue weighted by Gasteiger charge is 2.19. The molecule has 0 fully saturated rings. The number of benzene rings is 1. The Morgan fingerprint density at radius 3 is 2.88 bits per heavy atom. The summed E-state index contributed by atoms with van der Waals surface area (Å²) in [4.78, 5) is 39.2. The van der Waals surface area contributed by atoms with E-state index in [-0.39, 0.29) is 17.3 Å². The number of rotatable bonds is 7. The van der Waals surface area contributed by atoms with Gasteiger partial charge in [0.15, 0.2) is 5.69 Å². The van der Waals surface area contributed by atoms with Gasteiger partial charge in [0.1, 0.15) is 18.1 Å². The van der Waals surface area contributed by atoms with Crippen molar-refractivity contribution in [1.82, 2.24) is 24.8 Å². The van der Waals surface area contributed by atoms with Crippen molar-refractivity contribution in [3.8, 4) is 5.75 Å². The fourth-order valence-corrected chi connectivity index (χ4v) is 2.30. The number of aromatic amines is 2. The van der Waals surface area contributed by atoms with Gasteiger partial charge in [0, 0.05) is 12.6 Å². The fourth-order valence-electron chi connectivity index (χ4n) is 2.30. The number of carbonyl (C=O) groups is 2. The lowest BCUT2D eigenvalue weighted by atomic mass is 10.3. The zero-order valence-corrected chi connectivity index (χ0v) is 14.4. The number of primary amides is 1. The molecule has 1 aromatic carbocycles. The van der Waals surface area contributed by atoms with Crippen molar-refractivity contribution in [3.63, 3.8) is 0 Å². The Balaban J connectivity index is 1.73. The maximum Gasteiger partial charge on any atom is 0.279 e. The standard InChI is InChI=1S/C16H19N7O3/c1-23(2)5-6-26-9-3-4-10-11(7-9)21-16(20-10)22-15(25)13-12(14(17)24)18-8-19-13/h3-4,7-8H,5-6H2,1-2H3,(H2,17,24)(H,18,19)(H2,20,21,22,25). The minimum absolute atomic E-state index is 0.0600. The molecule has 0 saturated carbocycles. The van der Waals surface area contributed by atoms with Crippen LogP contribution < -0.4 is 15.8 Å². The minimum Gasteiger partial charge on any atom is -0.492 e. The number of carbonyl (C=O) groups excluding carboxylic acids is 2. The van der Waals surface area contributed by atoms with Gasteiger partial charge in [-0.3, -0.25) is 14.9 Å². The molecule has 0 spiro atoms. The van der Waals surface area contributed by atoms with Crippen LogP contribution in [0.15, 0.2) is 24.5 Å². The van der Waals surface area contributed by atoms with Crippen LogP contribution in [-0.4, -0.2) is 63.9 Å². The van der Waals surface area contributed by atoms with Crippen LogP contribution in [0.4, 0.5) is 5.95 Å². The van der Waals surface area contributed by atoms with Crippen LogP contribution >= 0.6 is 0 Å². The fraction of sp³-hybridized carbons (Fsp3) is 0.250. The topological polar surface area (TPSA) is 142 Å². The number of hydrogen-bond acceptors (Lipinski definition) is 6. The number of imidazole rings is 2. The van der Waals surface area contributed by atoms with Gasteiger partial charge in [-0.1, -0.05) is 0 Å². The second-order valence-electron chi connectivity index (χ2n) is 5.86. The van der Waals surface area contributed by atoms with Gasteiger partial charge >= 0.3 is 0 Å². The summed E-state index contributed by atoms with van der Waals surface area (Å²) in [5.74, 6) is -0.434. The summed E-state index contributed by atoms with van der Waals surface area (Å²) in [7, 11) is 3.94. The molecule has 10 heteroatoms. The molecule has 26 heavy (non-hydrogen) atoms. The van der Waals surface area contributed by atoms with E-state index in [0.717, 1.165) is 6.54 Å². The predicted molar refractivity (Wildman–Crippen MR) is 95.2 cm³/mol. The summed E-state index contributed by atoms with van der Waals surface area (Å²) in [5, 5.41) is 2.56. The predicted octanol–water partition coefficient (Wildman–Crippen LogP) is 0.578. The van der Waals surface area contributed by atoms with E-state index in [9.17, 15) is 9.59 Å². The Bertz CT molecular complexity index is 944. The van der Waals surface area contributed by atoms with E-state index in [1.165, 1.54) is 6.33 Å². The number of hydrogen-bond donors (Lipinski definition) is 4. The van der Waals surface area contributed by atoms with Crippen molar-refractivity contribution in [1.29, 1.82) is 0 Å². The summed E-state index contributed by atoms with van der Waals surface area (Å²) in [6.45, 7) is 1.36. The Morgan fingerprint density at radius 1 is 1.35 bits per heavy atom. The summed E-state index contributed by atoms with van der Waals surface area (Å²) in [6.07, 6.45) is 1.23. The van der Waals surface area contributed by atoms with Crippen molar-refractivity contribution in [3.05, 3.63) is 35.9 Å². The molecule has 136 valence electrons. The van der Waals surface area contributed by atoms with Crippen molar-refractivity contribution in [2.24, 2.45) is 5.73 Å². The number of nitrogens with two attached hydrogens (primary N) is 1. The number of anilines is 1. The molecule has 0 aliphatic carbocycles. The second-order valence-corrected chi connectivity index (χ2v) is 5.86. The molecule has 5 N–H and O–H groups in total. The van der Waals surface area contributed by atoms with Crippen LogP contribution in [0, 0.1) is 0 Å². The zero-order valence-electron chi connectivity index (χ0n) is 14.4. The first-order valence-corrected chi connectivity index (χ1v) is 7.86. The van der Waals surface area contributed by atoms with Crippen molar-refractivity contribution in [2.75, 3.05) is 32.6 Å². The van der Waals surface area contributed by atoms with Gasteiger partial charge in [-0.25, -0.2) is 9.97 Å². The molecule has 0 atom stereocenters. The summed E-state index contributed by atoms with van der Waals surface area (Å²) in [5.41, 5.74) is 6.42. The van der Waals surface area contributed by atoms with Gasteiger partial charge in [0.2, 0.25) is 5.95 Å². The number of nitrogens with one attached hydrogen (secondary N) is 3. The van der Waals surface area contributed by atoms with E-state index in [2.05, 4.69) is 25.3 Å². The lowest BCUT2D eigenvalue weighted by Gasteiger charge is -2.10. The van der Waals surface area contributed by atoms with Crippen LogP contribution in [0.3, 0.4) is 0 Å². The molecule has 0 aliphatic heterocycles. The van der Waals surface area contributed by atoms with Gasteiger partial charge in [0.25, 0.3) is 11.8 Å². The lowest BCUT2D eigenvalue weighted by molar-refractivity contribution is 0.0972. The van der Waals surface area contributed by atoms with E-state index in [4.69, 9.17) is 10.5 Å². The molecule has 0 saturated heterocycles. The van der Waals surface area contributed by atoms with Gasteiger partial charge in [-0.05, 0) is 26.2 Å². The van der Waals surface area contributed by atoms with Gasteiger partial charge in [-0.15, -0.1) is 0 Å². The largest absolute Gasteiger partial charge is 0.492 e. The number of amides is 2. The van der Waals surface area contributed by atoms with E-state index >= 15 is 0 Å². The highest BCUT2D eigenvalue weighted by Crippen LogP contribution is 2.21. The van der Waals surface area contributed by atoms with Crippen LogP contribution in [0.1, 0.15) is 21.0 Å². The molecule has 3 aromatic rings. The first-order chi connectivity index (χ1) is 12.4. The molecule has 2 aromatic heterocycles. The third-order valence-electron chi connectivity index (χ3n) is 3.59. The van der Waals surface area contributed by atoms with Gasteiger partial charge in [0.05, 0.1) is 17.4 Å². The average molecular weight is 357 g/mol. The SMILES string of the molecule is CN(C)CCOc1ccc2nc(NC(=O)c3nc[nH]c3C(N)=O)[nH]c2c1. The smallest absolute Gasteiger partial charge is 0.279 e. The molecular weight excluding hydrogens is 338 g/mol. The highest BCUT2D eigenvalue weighted by molar-refractivity contribution is 6.09. The third kappa shape index (κ3) is 3.81. The Labute approximate surface area is 148 Å². The number of fused-ring (bicyclic) bond motifs is 1. The Hall–Kier alpha value is -3.40. The number of H-pyrrole nitrogens is 2. The number of aromatic nitrogens is 4. The molecule has 3 rings (SSSR count). The lowest BCUT2D eigenvalue weighted by Crippen LogP contribution is -2.20.